The molecule has 0 aromatic carbocycles. The molecule has 0 radical (unpaired) electrons. The van der Waals surface area contributed by atoms with Crippen LogP contribution in [0.4, 0.5) is 0 Å². The van der Waals surface area contributed by atoms with E-state index in [0.717, 1.165) is 10.6 Å². The first kappa shape index (κ1) is 11.5. The van der Waals surface area contributed by atoms with E-state index in [1.54, 1.807) is 35.7 Å². The Morgan fingerprint density at radius 1 is 1.79 bits per heavy atom. The van der Waals surface area contributed by atoms with Crippen molar-refractivity contribution in [3.05, 3.63) is 16.1 Å². The van der Waals surface area contributed by atoms with Crippen LogP contribution in [0.25, 0.3) is 0 Å². The van der Waals surface area contributed by atoms with E-state index in [1.165, 1.54) is 0 Å². The Balaban J connectivity index is 2.62. The van der Waals surface area contributed by atoms with Crippen LogP contribution >= 0.6 is 24.0 Å². The maximum atomic E-state index is 11.5. The van der Waals surface area contributed by atoms with Gasteiger partial charge in [0, 0.05) is 11.9 Å². The Hall–Kier alpha value is -0.550. The van der Waals surface area contributed by atoms with Crippen molar-refractivity contribution in [2.45, 2.75) is 25.6 Å². The lowest BCUT2D eigenvalue weighted by atomic mass is 10.3. The summed E-state index contributed by atoms with van der Waals surface area (Å²) in [7, 11) is 1.79. The third-order valence-electron chi connectivity index (χ3n) is 1.96. The summed E-state index contributed by atoms with van der Waals surface area (Å²) in [6, 6.07) is 0. The van der Waals surface area contributed by atoms with Gasteiger partial charge in [-0.1, -0.05) is 0 Å². The van der Waals surface area contributed by atoms with Crippen molar-refractivity contribution in [1.29, 1.82) is 0 Å². The Kier molecular flexibility index (Phi) is 3.95. The zero-order valence-electron chi connectivity index (χ0n) is 8.52. The molecule has 1 rings (SSSR count). The van der Waals surface area contributed by atoms with E-state index in [-0.39, 0.29) is 11.2 Å². The summed E-state index contributed by atoms with van der Waals surface area (Å²) < 4.78 is 0. The van der Waals surface area contributed by atoms with E-state index in [1.807, 2.05) is 6.92 Å². The molecule has 0 aliphatic rings. The molecule has 3 nitrogen and oxygen atoms in total. The van der Waals surface area contributed by atoms with Gasteiger partial charge in [0.15, 0.2) is 0 Å². The first-order chi connectivity index (χ1) is 6.52. The highest BCUT2D eigenvalue weighted by Gasteiger charge is 2.15. The smallest absolute Gasteiger partial charge is 0.235 e. The van der Waals surface area contributed by atoms with Crippen LogP contribution in [0.5, 0.6) is 0 Å². The number of carbonyl (C=O) groups is 1. The van der Waals surface area contributed by atoms with Crippen LogP contribution in [0.1, 0.15) is 17.5 Å². The Morgan fingerprint density at radius 3 is 2.86 bits per heavy atom. The molecule has 1 aromatic heterocycles. The lowest BCUT2D eigenvalue weighted by Gasteiger charge is -2.18. The highest BCUT2D eigenvalue weighted by molar-refractivity contribution is 7.81. The van der Waals surface area contributed by atoms with Crippen LogP contribution in [0.3, 0.4) is 0 Å². The Labute approximate surface area is 93.6 Å². The molecule has 1 heterocycles. The van der Waals surface area contributed by atoms with E-state index in [4.69, 9.17) is 0 Å². The van der Waals surface area contributed by atoms with Gasteiger partial charge in [-0.2, -0.15) is 12.6 Å². The van der Waals surface area contributed by atoms with Gasteiger partial charge in [-0.15, -0.1) is 11.3 Å². The average molecular weight is 230 g/mol. The zero-order chi connectivity index (χ0) is 10.7. The van der Waals surface area contributed by atoms with E-state index >= 15 is 0 Å². The van der Waals surface area contributed by atoms with Crippen LogP contribution in [0, 0.1) is 6.92 Å². The van der Waals surface area contributed by atoms with Crippen molar-refractivity contribution < 1.29 is 4.79 Å². The minimum Gasteiger partial charge on any atom is -0.340 e. The Morgan fingerprint density at radius 2 is 2.43 bits per heavy atom. The van der Waals surface area contributed by atoms with Crippen molar-refractivity contribution in [2.75, 3.05) is 7.05 Å². The van der Waals surface area contributed by atoms with Gasteiger partial charge in [0.2, 0.25) is 5.91 Å². The zero-order valence-corrected chi connectivity index (χ0v) is 10.2. The quantitative estimate of drug-likeness (QED) is 0.802. The topological polar surface area (TPSA) is 33.2 Å². The third-order valence-corrected chi connectivity index (χ3v) is 3.10. The number of amides is 1. The number of aromatic nitrogens is 1. The molecule has 0 fully saturated rings. The summed E-state index contributed by atoms with van der Waals surface area (Å²) in [5.41, 5.74) is 2.80. The van der Waals surface area contributed by atoms with Crippen molar-refractivity contribution in [1.82, 2.24) is 9.88 Å². The molecule has 0 spiro atoms. The normalized spacial score (nSPS) is 12.6. The number of hydrogen-bond donors (Lipinski definition) is 1. The van der Waals surface area contributed by atoms with Gasteiger partial charge in [-0.25, -0.2) is 4.98 Å². The van der Waals surface area contributed by atoms with Gasteiger partial charge in [0.05, 0.1) is 23.0 Å². The predicted molar refractivity (Wildman–Crippen MR) is 61.8 cm³/mol. The minimum atomic E-state index is -0.242. The summed E-state index contributed by atoms with van der Waals surface area (Å²) in [6.45, 7) is 4.36. The highest BCUT2D eigenvalue weighted by atomic mass is 32.1. The molecule has 1 atom stereocenters. The van der Waals surface area contributed by atoms with Gasteiger partial charge in [0.25, 0.3) is 0 Å². The fraction of sp³-hybridized carbons (Fsp3) is 0.556. The standard InChI is InChI=1S/C9H14N2OS2/c1-6-8(14-5-10-6)4-11(3)9(12)7(2)13/h5,7,13H,4H2,1-3H3. The number of rotatable bonds is 3. The van der Waals surface area contributed by atoms with Gasteiger partial charge >= 0.3 is 0 Å². The van der Waals surface area contributed by atoms with Crippen LogP contribution in [-0.4, -0.2) is 28.1 Å². The molecular weight excluding hydrogens is 216 g/mol. The molecule has 0 bridgehead atoms. The molecular formula is C9H14N2OS2. The maximum absolute atomic E-state index is 11.5. The first-order valence-electron chi connectivity index (χ1n) is 4.34. The van der Waals surface area contributed by atoms with Crippen LogP contribution < -0.4 is 0 Å². The van der Waals surface area contributed by atoms with Crippen LogP contribution in [0.15, 0.2) is 5.51 Å². The molecule has 1 unspecified atom stereocenters. The summed E-state index contributed by atoms with van der Waals surface area (Å²) in [4.78, 5) is 18.5. The summed E-state index contributed by atoms with van der Waals surface area (Å²) in [6.07, 6.45) is 0. The fourth-order valence-electron chi connectivity index (χ4n) is 1.09. The number of carbonyl (C=O) groups excluding carboxylic acids is 1. The minimum absolute atomic E-state index is 0.0427. The second-order valence-corrected chi connectivity index (χ2v) is 4.95. The average Bonchev–Trinajstić information content (AvgIpc) is 2.50. The summed E-state index contributed by atoms with van der Waals surface area (Å²) in [5.74, 6) is 0.0427. The van der Waals surface area contributed by atoms with Gasteiger partial charge in [-0.3, -0.25) is 4.79 Å². The van der Waals surface area contributed by atoms with Crippen LogP contribution in [-0.2, 0) is 11.3 Å². The van der Waals surface area contributed by atoms with E-state index in [9.17, 15) is 4.79 Å². The van der Waals surface area contributed by atoms with Gasteiger partial charge in [0.1, 0.15) is 0 Å². The maximum Gasteiger partial charge on any atom is 0.235 e. The summed E-state index contributed by atoms with van der Waals surface area (Å²) in [5, 5.41) is -0.242. The SMILES string of the molecule is Cc1ncsc1CN(C)C(=O)C(C)S. The second kappa shape index (κ2) is 4.79. The molecule has 0 saturated heterocycles. The summed E-state index contributed by atoms with van der Waals surface area (Å²) >= 11 is 5.68. The molecule has 1 aromatic rings. The van der Waals surface area contributed by atoms with Crippen LogP contribution in [0.2, 0.25) is 0 Å². The number of thiol groups is 1. The number of aryl methyl sites for hydroxylation is 1. The van der Waals surface area contributed by atoms with Crippen molar-refractivity contribution in [3.8, 4) is 0 Å². The lowest BCUT2D eigenvalue weighted by Crippen LogP contribution is -2.31. The number of nitrogens with zero attached hydrogens (tertiary/aromatic N) is 2. The molecule has 78 valence electrons. The predicted octanol–water partition coefficient (Wildman–Crippen LogP) is 1.73. The fourth-order valence-corrected chi connectivity index (χ4v) is 2.12. The molecule has 14 heavy (non-hydrogen) atoms. The third kappa shape index (κ3) is 2.72. The van der Waals surface area contributed by atoms with Crippen molar-refractivity contribution in [3.63, 3.8) is 0 Å². The van der Waals surface area contributed by atoms with Crippen molar-refractivity contribution in [2.24, 2.45) is 0 Å². The number of hydrogen-bond acceptors (Lipinski definition) is 4. The number of thiazole rings is 1. The largest absolute Gasteiger partial charge is 0.340 e. The van der Waals surface area contributed by atoms with E-state index < -0.39 is 0 Å². The molecule has 1 amide bonds. The van der Waals surface area contributed by atoms with E-state index in [0.29, 0.717) is 6.54 Å². The molecule has 0 aliphatic heterocycles. The van der Waals surface area contributed by atoms with E-state index in [2.05, 4.69) is 17.6 Å². The molecule has 0 aliphatic carbocycles. The molecule has 0 saturated carbocycles. The monoisotopic (exact) mass is 230 g/mol. The first-order valence-corrected chi connectivity index (χ1v) is 5.74. The van der Waals surface area contributed by atoms with Crippen molar-refractivity contribution >= 4 is 29.9 Å². The second-order valence-electron chi connectivity index (χ2n) is 3.23. The molecule has 5 heteroatoms. The van der Waals surface area contributed by atoms with Gasteiger partial charge in [-0.05, 0) is 13.8 Å². The van der Waals surface area contributed by atoms with Gasteiger partial charge < -0.3 is 4.90 Å². The Bertz CT molecular complexity index is 322. The molecule has 0 N–H and O–H groups in total. The lowest BCUT2D eigenvalue weighted by molar-refractivity contribution is -0.129. The highest BCUT2D eigenvalue weighted by Crippen LogP contribution is 2.15.